The predicted molar refractivity (Wildman–Crippen MR) is 120 cm³/mol. The first-order chi connectivity index (χ1) is 14.8. The summed E-state index contributed by atoms with van der Waals surface area (Å²) in [7, 11) is 1.65. The molecule has 0 amide bonds. The Morgan fingerprint density at radius 2 is 1.87 bits per heavy atom. The first-order valence-electron chi connectivity index (χ1n) is 9.54. The maximum atomic E-state index is 5.27. The van der Waals surface area contributed by atoms with E-state index in [1.54, 1.807) is 23.1 Å². The van der Waals surface area contributed by atoms with E-state index < -0.39 is 0 Å². The molecule has 0 aliphatic rings. The van der Waals surface area contributed by atoms with Crippen LogP contribution in [-0.4, -0.2) is 27.1 Å². The van der Waals surface area contributed by atoms with Gasteiger partial charge in [-0.05, 0) is 48.5 Å². The fourth-order valence-corrected chi connectivity index (χ4v) is 4.15. The van der Waals surface area contributed by atoms with Crippen molar-refractivity contribution in [1.29, 1.82) is 0 Å². The third-order valence-electron chi connectivity index (χ3n) is 4.76. The summed E-state index contributed by atoms with van der Waals surface area (Å²) < 4.78 is 8.22. The zero-order chi connectivity index (χ0) is 20.3. The number of hydrogen-bond donors (Lipinski definition) is 1. The van der Waals surface area contributed by atoms with Crippen LogP contribution in [-0.2, 0) is 6.54 Å². The zero-order valence-electron chi connectivity index (χ0n) is 16.3. The number of methoxy groups -OCH3 is 1. The summed E-state index contributed by atoms with van der Waals surface area (Å²) in [6, 6.07) is 24.2. The summed E-state index contributed by atoms with van der Waals surface area (Å²) in [5.41, 5.74) is 4.95. The van der Waals surface area contributed by atoms with Gasteiger partial charge in [0.05, 0.1) is 35.8 Å². The molecule has 7 heteroatoms. The molecule has 0 fully saturated rings. The largest absolute Gasteiger partial charge is 0.497 e. The van der Waals surface area contributed by atoms with Gasteiger partial charge < -0.3 is 10.1 Å². The standard InChI is InChI=1S/C23H19N5OS/c1-29-20-6-4-5-19(13-20)28-15-18(26-27-28)14-24-17-11-9-16(10-12-17)23-25-21-7-2-3-8-22(21)30-23/h2-13,15,24H,14H2,1H3. The maximum Gasteiger partial charge on any atom is 0.124 e. The lowest BCUT2D eigenvalue weighted by Crippen LogP contribution is -1.99. The van der Waals surface area contributed by atoms with Crippen LogP contribution >= 0.6 is 11.3 Å². The Balaban J connectivity index is 1.26. The fourth-order valence-electron chi connectivity index (χ4n) is 3.18. The van der Waals surface area contributed by atoms with Gasteiger partial charge in [-0.2, -0.15) is 0 Å². The van der Waals surface area contributed by atoms with E-state index in [4.69, 9.17) is 9.72 Å². The van der Waals surface area contributed by atoms with Crippen LogP contribution in [0, 0.1) is 0 Å². The molecule has 2 aromatic heterocycles. The van der Waals surface area contributed by atoms with Crippen molar-refractivity contribution in [2.45, 2.75) is 6.54 Å². The molecule has 0 spiro atoms. The Labute approximate surface area is 177 Å². The number of para-hydroxylation sites is 1. The van der Waals surface area contributed by atoms with Gasteiger partial charge in [0.2, 0.25) is 0 Å². The molecule has 3 aromatic carbocycles. The fraction of sp³-hybridized carbons (Fsp3) is 0.0870. The van der Waals surface area contributed by atoms with Gasteiger partial charge in [0.1, 0.15) is 16.5 Å². The Kier molecular flexibility index (Phi) is 4.86. The van der Waals surface area contributed by atoms with Gasteiger partial charge in [0, 0.05) is 17.3 Å². The molecule has 0 bridgehead atoms. The van der Waals surface area contributed by atoms with Crippen molar-refractivity contribution in [3.8, 4) is 22.0 Å². The normalized spacial score (nSPS) is 11.0. The van der Waals surface area contributed by atoms with Crippen molar-refractivity contribution >= 4 is 27.2 Å². The van der Waals surface area contributed by atoms with Crippen molar-refractivity contribution in [2.24, 2.45) is 0 Å². The Bertz CT molecular complexity index is 1260. The molecule has 0 atom stereocenters. The number of ether oxygens (including phenoxy) is 1. The third-order valence-corrected chi connectivity index (χ3v) is 5.84. The van der Waals surface area contributed by atoms with Gasteiger partial charge in [-0.1, -0.05) is 23.4 Å². The third kappa shape index (κ3) is 3.75. The number of rotatable bonds is 6. The average molecular weight is 414 g/mol. The minimum Gasteiger partial charge on any atom is -0.497 e. The van der Waals surface area contributed by atoms with Crippen molar-refractivity contribution in [1.82, 2.24) is 20.0 Å². The molecule has 30 heavy (non-hydrogen) atoms. The molecule has 0 radical (unpaired) electrons. The molecule has 0 saturated heterocycles. The molecule has 148 valence electrons. The van der Waals surface area contributed by atoms with Gasteiger partial charge in [-0.3, -0.25) is 0 Å². The maximum absolute atomic E-state index is 5.27. The molecule has 0 aliphatic carbocycles. The van der Waals surface area contributed by atoms with Gasteiger partial charge in [-0.15, -0.1) is 16.4 Å². The van der Waals surface area contributed by atoms with E-state index in [2.05, 4.69) is 46.0 Å². The summed E-state index contributed by atoms with van der Waals surface area (Å²) in [5, 5.41) is 12.9. The SMILES string of the molecule is COc1cccc(-n2cc(CNc3ccc(-c4nc5ccccc5s4)cc3)nn2)c1. The van der Waals surface area contributed by atoms with Crippen LogP contribution in [0.3, 0.4) is 0 Å². The molecule has 0 unspecified atom stereocenters. The van der Waals surface area contributed by atoms with E-state index in [0.29, 0.717) is 6.54 Å². The Hall–Kier alpha value is -3.71. The quantitative estimate of drug-likeness (QED) is 0.416. The van der Waals surface area contributed by atoms with Crippen LogP contribution in [0.2, 0.25) is 0 Å². The second-order valence-corrected chi connectivity index (χ2v) is 7.80. The average Bonchev–Trinajstić information content (AvgIpc) is 3.45. The topological polar surface area (TPSA) is 64.9 Å². The van der Waals surface area contributed by atoms with E-state index in [9.17, 15) is 0 Å². The number of aromatic nitrogens is 4. The van der Waals surface area contributed by atoms with Gasteiger partial charge in [-0.25, -0.2) is 9.67 Å². The number of nitrogens with zero attached hydrogens (tertiary/aromatic N) is 4. The lowest BCUT2D eigenvalue weighted by molar-refractivity contribution is 0.414. The number of benzene rings is 3. The lowest BCUT2D eigenvalue weighted by Gasteiger charge is -2.05. The molecule has 5 rings (SSSR count). The highest BCUT2D eigenvalue weighted by Gasteiger charge is 2.07. The highest BCUT2D eigenvalue weighted by Crippen LogP contribution is 2.30. The zero-order valence-corrected chi connectivity index (χ0v) is 17.1. The highest BCUT2D eigenvalue weighted by atomic mass is 32.1. The lowest BCUT2D eigenvalue weighted by atomic mass is 10.2. The number of fused-ring (bicyclic) bond motifs is 1. The molecular weight excluding hydrogens is 394 g/mol. The van der Waals surface area contributed by atoms with Crippen LogP contribution in [0.1, 0.15) is 5.69 Å². The summed E-state index contributed by atoms with van der Waals surface area (Å²) in [5.74, 6) is 0.788. The molecule has 0 saturated carbocycles. The van der Waals surface area contributed by atoms with Gasteiger partial charge >= 0.3 is 0 Å². The van der Waals surface area contributed by atoms with Crippen molar-refractivity contribution in [3.05, 3.63) is 84.7 Å². The number of hydrogen-bond acceptors (Lipinski definition) is 6. The van der Waals surface area contributed by atoms with Crippen molar-refractivity contribution in [3.63, 3.8) is 0 Å². The predicted octanol–water partition coefficient (Wildman–Crippen LogP) is 5.16. The molecule has 1 N–H and O–H groups in total. The van der Waals surface area contributed by atoms with E-state index in [0.717, 1.165) is 38.9 Å². The molecule has 6 nitrogen and oxygen atoms in total. The first kappa shape index (κ1) is 18.3. The second-order valence-electron chi connectivity index (χ2n) is 6.77. The van der Waals surface area contributed by atoms with Crippen molar-refractivity contribution < 1.29 is 4.74 Å². The van der Waals surface area contributed by atoms with Crippen LogP contribution in [0.15, 0.2) is 79.0 Å². The molecule has 0 aliphatic heterocycles. The summed E-state index contributed by atoms with van der Waals surface area (Å²) in [6.45, 7) is 0.588. The summed E-state index contributed by atoms with van der Waals surface area (Å²) in [4.78, 5) is 4.72. The van der Waals surface area contributed by atoms with Crippen LogP contribution in [0.25, 0.3) is 26.5 Å². The van der Waals surface area contributed by atoms with E-state index in [-0.39, 0.29) is 0 Å². The minimum atomic E-state index is 0.588. The number of nitrogens with one attached hydrogen (secondary N) is 1. The number of thiazole rings is 1. The second kappa shape index (κ2) is 7.96. The van der Waals surface area contributed by atoms with E-state index in [1.165, 1.54) is 4.70 Å². The highest BCUT2D eigenvalue weighted by molar-refractivity contribution is 7.21. The van der Waals surface area contributed by atoms with Crippen LogP contribution in [0.4, 0.5) is 5.69 Å². The molecule has 2 heterocycles. The Morgan fingerprint density at radius 1 is 1.00 bits per heavy atom. The monoisotopic (exact) mass is 413 g/mol. The minimum absolute atomic E-state index is 0.588. The van der Waals surface area contributed by atoms with Gasteiger partial charge in [0.25, 0.3) is 0 Å². The van der Waals surface area contributed by atoms with Gasteiger partial charge in [0.15, 0.2) is 0 Å². The van der Waals surface area contributed by atoms with Crippen LogP contribution < -0.4 is 10.1 Å². The number of anilines is 1. The smallest absolute Gasteiger partial charge is 0.124 e. The van der Waals surface area contributed by atoms with Crippen molar-refractivity contribution in [2.75, 3.05) is 12.4 Å². The van der Waals surface area contributed by atoms with E-state index >= 15 is 0 Å². The molecular formula is C23H19N5OS. The first-order valence-corrected chi connectivity index (χ1v) is 10.4. The molecule has 5 aromatic rings. The summed E-state index contributed by atoms with van der Waals surface area (Å²) in [6.07, 6.45) is 1.91. The van der Waals surface area contributed by atoms with E-state index in [1.807, 2.05) is 48.7 Å². The van der Waals surface area contributed by atoms with Crippen LogP contribution in [0.5, 0.6) is 5.75 Å². The Morgan fingerprint density at radius 3 is 2.70 bits per heavy atom. The summed E-state index contributed by atoms with van der Waals surface area (Å²) >= 11 is 1.71.